The van der Waals surface area contributed by atoms with Gasteiger partial charge < -0.3 is 9.64 Å². The van der Waals surface area contributed by atoms with Crippen LogP contribution in [0.25, 0.3) is 22.4 Å². The van der Waals surface area contributed by atoms with Crippen LogP contribution in [0.4, 0.5) is 31.1 Å². The van der Waals surface area contributed by atoms with Crippen LogP contribution in [0.2, 0.25) is 4.34 Å². The number of carbonyl (C=O) groups is 1. The van der Waals surface area contributed by atoms with Crippen molar-refractivity contribution in [3.05, 3.63) is 56.2 Å². The van der Waals surface area contributed by atoms with Gasteiger partial charge in [0.15, 0.2) is 5.65 Å². The standard InChI is InChI=1S/C23H15BrClF6N5O2S/c24-13-8-12(9-15(38-23(29,30)31)16(13)22(26,27)28)17-18(25)39-20(34-17)11-3-6-35(7-4-11)21(37)36-10-33-14-2-1-5-32-19(14)36/h1-2,5,8-11H,3-4,6-7H2. The molecule has 1 fully saturated rings. The van der Waals surface area contributed by atoms with Gasteiger partial charge in [0.25, 0.3) is 0 Å². The molecule has 0 atom stereocenters. The minimum Gasteiger partial charge on any atom is -0.405 e. The van der Waals surface area contributed by atoms with E-state index in [0.29, 0.717) is 48.2 Å². The summed E-state index contributed by atoms with van der Waals surface area (Å²) in [7, 11) is 0. The molecule has 1 aromatic carbocycles. The topological polar surface area (TPSA) is 73.1 Å². The van der Waals surface area contributed by atoms with Gasteiger partial charge in [0.1, 0.15) is 33.2 Å². The lowest BCUT2D eigenvalue weighted by atomic mass is 9.97. The van der Waals surface area contributed by atoms with Gasteiger partial charge in [0.05, 0.1) is 5.01 Å². The van der Waals surface area contributed by atoms with Gasteiger partial charge in [-0.05, 0) is 37.1 Å². The monoisotopic (exact) mass is 653 g/mol. The Balaban J connectivity index is 1.36. The van der Waals surface area contributed by atoms with E-state index in [-0.39, 0.29) is 27.5 Å². The van der Waals surface area contributed by atoms with Crippen molar-refractivity contribution < 1.29 is 35.9 Å². The highest BCUT2D eigenvalue weighted by atomic mass is 79.9. The number of hydrogen-bond acceptors (Lipinski definition) is 6. The molecule has 1 aliphatic rings. The van der Waals surface area contributed by atoms with Crippen LogP contribution in [0.5, 0.6) is 5.75 Å². The van der Waals surface area contributed by atoms with E-state index in [1.54, 1.807) is 23.2 Å². The second-order valence-corrected chi connectivity index (χ2v) is 11.0. The highest BCUT2D eigenvalue weighted by Gasteiger charge is 2.41. The largest absolute Gasteiger partial charge is 0.573 e. The van der Waals surface area contributed by atoms with Crippen molar-refractivity contribution in [2.45, 2.75) is 31.3 Å². The summed E-state index contributed by atoms with van der Waals surface area (Å²) in [5.41, 5.74) is -0.615. The zero-order valence-electron chi connectivity index (χ0n) is 19.4. The summed E-state index contributed by atoms with van der Waals surface area (Å²) in [6.07, 6.45) is -6.43. The second-order valence-electron chi connectivity index (χ2n) is 8.56. The van der Waals surface area contributed by atoms with E-state index in [1.807, 2.05) is 0 Å². The molecular weight excluding hydrogens is 640 g/mol. The number of piperidine rings is 1. The molecule has 3 aromatic heterocycles. The first-order valence-electron chi connectivity index (χ1n) is 11.2. The molecule has 7 nitrogen and oxygen atoms in total. The van der Waals surface area contributed by atoms with Crippen molar-refractivity contribution in [3.8, 4) is 17.0 Å². The van der Waals surface area contributed by atoms with Crippen molar-refractivity contribution in [2.24, 2.45) is 0 Å². The molecule has 1 amide bonds. The number of imidazole rings is 1. The van der Waals surface area contributed by atoms with Gasteiger partial charge in [-0.25, -0.2) is 24.3 Å². The predicted molar refractivity (Wildman–Crippen MR) is 134 cm³/mol. The number of amides is 1. The van der Waals surface area contributed by atoms with Gasteiger partial charge in [-0.2, -0.15) is 13.2 Å². The third kappa shape index (κ3) is 5.70. The molecule has 1 aliphatic heterocycles. The van der Waals surface area contributed by atoms with Gasteiger partial charge in [-0.1, -0.05) is 27.5 Å². The summed E-state index contributed by atoms with van der Waals surface area (Å²) >= 11 is 10.1. The first-order valence-corrected chi connectivity index (χ1v) is 13.2. The maximum atomic E-state index is 13.4. The Morgan fingerprint density at radius 2 is 1.85 bits per heavy atom. The van der Waals surface area contributed by atoms with Crippen molar-refractivity contribution in [1.29, 1.82) is 0 Å². The lowest BCUT2D eigenvalue weighted by molar-refractivity contribution is -0.276. The number of ether oxygens (including phenoxy) is 1. The molecule has 1 saturated heterocycles. The normalized spacial score (nSPS) is 15.2. The smallest absolute Gasteiger partial charge is 0.405 e. The lowest BCUT2D eigenvalue weighted by Crippen LogP contribution is -2.40. The summed E-state index contributed by atoms with van der Waals surface area (Å²) in [5.74, 6) is -1.54. The molecular formula is C23H15BrClF6N5O2S. The Kier molecular flexibility index (Phi) is 7.26. The van der Waals surface area contributed by atoms with Gasteiger partial charge in [0, 0.05) is 35.2 Å². The van der Waals surface area contributed by atoms with Crippen LogP contribution in [-0.2, 0) is 6.18 Å². The molecule has 0 unspecified atom stereocenters. The summed E-state index contributed by atoms with van der Waals surface area (Å²) < 4.78 is 83.5. The average Bonchev–Trinajstić information content (AvgIpc) is 3.45. The number of carbonyl (C=O) groups excluding carboxylic acids is 1. The number of rotatable bonds is 3. The molecule has 0 N–H and O–H groups in total. The van der Waals surface area contributed by atoms with Crippen LogP contribution >= 0.6 is 38.9 Å². The Morgan fingerprint density at radius 1 is 1.13 bits per heavy atom. The minimum atomic E-state index is -5.35. The molecule has 4 heterocycles. The van der Waals surface area contributed by atoms with Crippen LogP contribution in [0.3, 0.4) is 0 Å². The van der Waals surface area contributed by atoms with Crippen molar-refractivity contribution in [2.75, 3.05) is 13.1 Å². The number of aromatic nitrogens is 4. The van der Waals surface area contributed by atoms with Gasteiger partial charge in [-0.15, -0.1) is 24.5 Å². The SMILES string of the molecule is O=C(N1CCC(c2nc(-c3cc(Br)c(C(F)(F)F)c(OC(F)(F)F)c3)c(Cl)s2)CC1)n1cnc2cccnc21. The summed E-state index contributed by atoms with van der Waals surface area (Å²) in [6, 6.07) is 4.81. The fourth-order valence-corrected chi connectivity index (χ4v) is 6.37. The van der Waals surface area contributed by atoms with Crippen molar-refractivity contribution in [1.82, 2.24) is 24.4 Å². The lowest BCUT2D eigenvalue weighted by Gasteiger charge is -2.31. The molecule has 0 bridgehead atoms. The molecule has 5 rings (SSSR count). The van der Waals surface area contributed by atoms with E-state index in [4.69, 9.17) is 11.6 Å². The number of likely N-dealkylation sites (tertiary alicyclic amines) is 1. The Bertz CT molecular complexity index is 1550. The van der Waals surface area contributed by atoms with Crippen LogP contribution in [0, 0.1) is 0 Å². The Labute approximate surface area is 233 Å². The van der Waals surface area contributed by atoms with Crippen molar-refractivity contribution in [3.63, 3.8) is 0 Å². The maximum Gasteiger partial charge on any atom is 0.573 e. The minimum absolute atomic E-state index is 0.0348. The number of benzene rings is 1. The molecule has 39 heavy (non-hydrogen) atoms. The number of fused-ring (bicyclic) bond motifs is 1. The van der Waals surface area contributed by atoms with E-state index in [0.717, 1.165) is 17.4 Å². The summed E-state index contributed by atoms with van der Waals surface area (Å²) in [5, 5.41) is 0.561. The molecule has 0 saturated carbocycles. The van der Waals surface area contributed by atoms with Gasteiger partial charge in [-0.3, -0.25) is 0 Å². The Hall–Kier alpha value is -2.91. The summed E-state index contributed by atoms with van der Waals surface area (Å²) in [4.78, 5) is 27.5. The number of halogens is 8. The van der Waals surface area contributed by atoms with E-state index < -0.39 is 28.3 Å². The first kappa shape index (κ1) is 27.6. The second kappa shape index (κ2) is 10.2. The zero-order chi connectivity index (χ0) is 28.1. The van der Waals surface area contributed by atoms with Gasteiger partial charge in [0.2, 0.25) is 0 Å². The van der Waals surface area contributed by atoms with Crippen LogP contribution in [0.1, 0.15) is 29.3 Å². The molecule has 4 aromatic rings. The van der Waals surface area contributed by atoms with Crippen LogP contribution in [-0.4, -0.2) is 49.9 Å². The fraction of sp³-hybridized carbons (Fsp3) is 0.304. The molecule has 16 heteroatoms. The number of thiazole rings is 1. The van der Waals surface area contributed by atoms with Crippen LogP contribution in [0.15, 0.2) is 41.3 Å². The molecule has 0 aliphatic carbocycles. The van der Waals surface area contributed by atoms with Crippen molar-refractivity contribution >= 4 is 56.1 Å². The quantitative estimate of drug-likeness (QED) is 0.212. The third-order valence-corrected chi connectivity index (χ3v) is 8.11. The van der Waals surface area contributed by atoms with Crippen LogP contribution < -0.4 is 4.74 Å². The maximum absolute atomic E-state index is 13.4. The van der Waals surface area contributed by atoms with E-state index in [2.05, 4.69) is 35.6 Å². The molecule has 206 valence electrons. The highest BCUT2D eigenvalue weighted by molar-refractivity contribution is 9.10. The predicted octanol–water partition coefficient (Wildman–Crippen LogP) is 7.74. The zero-order valence-corrected chi connectivity index (χ0v) is 22.5. The number of nitrogens with zero attached hydrogens (tertiary/aromatic N) is 5. The van der Waals surface area contributed by atoms with E-state index in [9.17, 15) is 31.1 Å². The first-order chi connectivity index (χ1) is 18.3. The average molecular weight is 655 g/mol. The number of hydrogen-bond donors (Lipinski definition) is 0. The molecule has 0 radical (unpaired) electrons. The van der Waals surface area contributed by atoms with Gasteiger partial charge >= 0.3 is 18.6 Å². The fourth-order valence-electron chi connectivity index (χ4n) is 4.33. The third-order valence-electron chi connectivity index (χ3n) is 6.07. The number of alkyl halides is 6. The summed E-state index contributed by atoms with van der Waals surface area (Å²) in [6.45, 7) is 0.774. The number of pyridine rings is 1. The highest BCUT2D eigenvalue weighted by Crippen LogP contribution is 2.47. The van der Waals surface area contributed by atoms with E-state index in [1.165, 1.54) is 10.9 Å². The molecule has 0 spiro atoms. The van der Waals surface area contributed by atoms with E-state index >= 15 is 0 Å². The Morgan fingerprint density at radius 3 is 2.51 bits per heavy atom.